The summed E-state index contributed by atoms with van der Waals surface area (Å²) in [7, 11) is 1.46. The van der Waals surface area contributed by atoms with E-state index < -0.39 is 36.2 Å². The molecule has 0 aliphatic rings. The van der Waals surface area contributed by atoms with Crippen molar-refractivity contribution in [2.24, 2.45) is 0 Å². The molecule has 0 fully saturated rings. The smallest absolute Gasteiger partial charge is 0.416 e. The van der Waals surface area contributed by atoms with E-state index in [-0.39, 0.29) is 12.3 Å². The third-order valence-corrected chi connectivity index (χ3v) is 4.50. The van der Waals surface area contributed by atoms with Crippen LogP contribution < -0.4 is 15.4 Å². The zero-order valence-corrected chi connectivity index (χ0v) is 16.3. The van der Waals surface area contributed by atoms with Gasteiger partial charge in [-0.25, -0.2) is 0 Å². The van der Waals surface area contributed by atoms with Crippen molar-refractivity contribution in [3.8, 4) is 5.75 Å². The molecule has 3 aromatic rings. The average molecular weight is 436 g/mol. The lowest BCUT2D eigenvalue weighted by Gasteiger charge is -2.15. The van der Waals surface area contributed by atoms with Crippen molar-refractivity contribution >= 4 is 22.8 Å². The summed E-state index contributed by atoms with van der Waals surface area (Å²) in [5.74, 6) is -1.07. The van der Waals surface area contributed by atoms with Crippen LogP contribution >= 0.6 is 0 Å². The maximum Gasteiger partial charge on any atom is 0.416 e. The summed E-state index contributed by atoms with van der Waals surface area (Å²) in [6.07, 6.45) is -4.45. The maximum absolute atomic E-state index is 12.6. The summed E-state index contributed by atoms with van der Waals surface area (Å²) in [6.45, 7) is -0.765. The Hall–Kier alpha value is -3.53. The van der Waals surface area contributed by atoms with Crippen molar-refractivity contribution in [3.05, 3.63) is 65.4 Å². The number of aliphatic hydroxyl groups is 1. The first-order valence-corrected chi connectivity index (χ1v) is 9.15. The van der Waals surface area contributed by atoms with Crippen molar-refractivity contribution in [1.82, 2.24) is 10.6 Å². The number of carbonyl (C=O) groups excluding carboxylic acids is 2. The Kier molecular flexibility index (Phi) is 6.50. The number of benzene rings is 2. The minimum atomic E-state index is -4.45. The molecule has 0 bridgehead atoms. The number of rotatable bonds is 7. The Balaban J connectivity index is 1.62. The normalized spacial score (nSPS) is 12.4. The molecular formula is C21H19F3N2O5. The van der Waals surface area contributed by atoms with Gasteiger partial charge in [0.2, 0.25) is 5.91 Å². The summed E-state index contributed by atoms with van der Waals surface area (Å²) in [5.41, 5.74) is -0.0123. The molecule has 0 spiro atoms. The standard InChI is InChI=1S/C21H19F3N2O5/c1-30-16-4-2-3-13-9-17(31-18(13)16)20(29)26-15(11-27)19(28)25-10-12-5-7-14(8-6-12)21(22,23)24/h2-9,15,27H,10-11H2,1H3,(H,25,28)(H,26,29)/t15-/m0/s1. The van der Waals surface area contributed by atoms with E-state index in [9.17, 15) is 27.9 Å². The maximum atomic E-state index is 12.6. The van der Waals surface area contributed by atoms with Gasteiger partial charge in [-0.3, -0.25) is 9.59 Å². The molecule has 1 atom stereocenters. The van der Waals surface area contributed by atoms with Gasteiger partial charge in [0.25, 0.3) is 5.91 Å². The van der Waals surface area contributed by atoms with Crippen molar-refractivity contribution in [3.63, 3.8) is 0 Å². The third kappa shape index (κ3) is 5.15. The minimum absolute atomic E-state index is 0.0755. The topological polar surface area (TPSA) is 101 Å². The molecule has 0 aliphatic carbocycles. The first kappa shape index (κ1) is 22.2. The zero-order valence-electron chi connectivity index (χ0n) is 16.3. The molecule has 10 heteroatoms. The number of hydrogen-bond donors (Lipinski definition) is 3. The lowest BCUT2D eigenvalue weighted by molar-refractivity contribution is -0.137. The number of carbonyl (C=O) groups is 2. The Morgan fingerprint density at radius 3 is 2.48 bits per heavy atom. The number of alkyl halides is 3. The van der Waals surface area contributed by atoms with Gasteiger partial charge in [-0.2, -0.15) is 13.2 Å². The number of nitrogens with one attached hydrogen (secondary N) is 2. The van der Waals surface area contributed by atoms with Gasteiger partial charge in [-0.1, -0.05) is 24.3 Å². The van der Waals surface area contributed by atoms with Gasteiger partial charge < -0.3 is 24.9 Å². The van der Waals surface area contributed by atoms with Crippen molar-refractivity contribution < 1.29 is 37.0 Å². The number of hydrogen-bond acceptors (Lipinski definition) is 5. The van der Waals surface area contributed by atoms with E-state index in [0.717, 1.165) is 12.1 Å². The zero-order chi connectivity index (χ0) is 22.6. The second-order valence-electron chi connectivity index (χ2n) is 6.61. The lowest BCUT2D eigenvalue weighted by atomic mass is 10.1. The largest absolute Gasteiger partial charge is 0.493 e. The quantitative estimate of drug-likeness (QED) is 0.529. The number of furan rings is 1. The number of aliphatic hydroxyl groups excluding tert-OH is 1. The van der Waals surface area contributed by atoms with Crippen LogP contribution in [0.15, 0.2) is 52.9 Å². The fraction of sp³-hybridized carbons (Fsp3) is 0.238. The fourth-order valence-corrected chi connectivity index (χ4v) is 2.86. The van der Waals surface area contributed by atoms with Crippen LogP contribution in [0.5, 0.6) is 5.75 Å². The van der Waals surface area contributed by atoms with Crippen LogP contribution in [-0.4, -0.2) is 36.7 Å². The molecular weight excluding hydrogens is 417 g/mol. The van der Waals surface area contributed by atoms with E-state index in [2.05, 4.69) is 10.6 Å². The highest BCUT2D eigenvalue weighted by molar-refractivity contribution is 5.99. The summed E-state index contributed by atoms with van der Waals surface area (Å²) in [4.78, 5) is 24.7. The predicted molar refractivity (Wildman–Crippen MR) is 104 cm³/mol. The molecule has 3 rings (SSSR count). The van der Waals surface area contributed by atoms with E-state index >= 15 is 0 Å². The molecule has 2 aromatic carbocycles. The number of fused-ring (bicyclic) bond motifs is 1. The molecule has 3 N–H and O–H groups in total. The van der Waals surface area contributed by atoms with E-state index in [1.165, 1.54) is 25.3 Å². The Bertz CT molecular complexity index is 1080. The highest BCUT2D eigenvalue weighted by Crippen LogP contribution is 2.29. The summed E-state index contributed by atoms with van der Waals surface area (Å²) in [6, 6.07) is 9.58. The van der Waals surface area contributed by atoms with Gasteiger partial charge in [0.05, 0.1) is 19.3 Å². The van der Waals surface area contributed by atoms with Crippen LogP contribution in [0.2, 0.25) is 0 Å². The first-order chi connectivity index (χ1) is 14.7. The monoisotopic (exact) mass is 436 g/mol. The van der Waals surface area contributed by atoms with Crippen LogP contribution in [-0.2, 0) is 17.5 Å². The molecule has 7 nitrogen and oxygen atoms in total. The second kappa shape index (κ2) is 9.09. The van der Waals surface area contributed by atoms with Gasteiger partial charge in [-0.15, -0.1) is 0 Å². The summed E-state index contributed by atoms with van der Waals surface area (Å²) in [5, 5.41) is 14.9. The minimum Gasteiger partial charge on any atom is -0.493 e. The van der Waals surface area contributed by atoms with Gasteiger partial charge >= 0.3 is 6.18 Å². The molecule has 164 valence electrons. The highest BCUT2D eigenvalue weighted by atomic mass is 19.4. The number of ether oxygens (including phenoxy) is 1. The number of para-hydroxylation sites is 1. The van der Waals surface area contributed by atoms with E-state index in [4.69, 9.17) is 9.15 Å². The molecule has 0 aliphatic heterocycles. The summed E-state index contributed by atoms with van der Waals surface area (Å²) < 4.78 is 48.5. The van der Waals surface area contributed by atoms with E-state index in [1.807, 2.05) is 0 Å². The average Bonchev–Trinajstić information content (AvgIpc) is 3.20. The Morgan fingerprint density at radius 2 is 1.87 bits per heavy atom. The summed E-state index contributed by atoms with van der Waals surface area (Å²) >= 11 is 0. The molecule has 0 saturated heterocycles. The Labute approximate surface area is 174 Å². The van der Waals surface area contributed by atoms with Gasteiger partial charge in [0.15, 0.2) is 17.1 Å². The molecule has 31 heavy (non-hydrogen) atoms. The predicted octanol–water partition coefficient (Wildman–Crippen LogP) is 2.87. The Morgan fingerprint density at radius 1 is 1.16 bits per heavy atom. The van der Waals surface area contributed by atoms with Crippen LogP contribution in [0.4, 0.5) is 13.2 Å². The molecule has 1 heterocycles. The number of methoxy groups -OCH3 is 1. The van der Waals surface area contributed by atoms with Crippen molar-refractivity contribution in [2.75, 3.05) is 13.7 Å². The first-order valence-electron chi connectivity index (χ1n) is 9.15. The van der Waals surface area contributed by atoms with Crippen LogP contribution in [0.25, 0.3) is 11.0 Å². The van der Waals surface area contributed by atoms with Gasteiger partial charge in [0, 0.05) is 11.9 Å². The number of halogens is 3. The van der Waals surface area contributed by atoms with Crippen LogP contribution in [0.3, 0.4) is 0 Å². The molecule has 2 amide bonds. The molecule has 0 saturated carbocycles. The second-order valence-corrected chi connectivity index (χ2v) is 6.61. The third-order valence-electron chi connectivity index (χ3n) is 4.50. The van der Waals surface area contributed by atoms with Crippen LogP contribution in [0.1, 0.15) is 21.7 Å². The van der Waals surface area contributed by atoms with Gasteiger partial charge in [-0.05, 0) is 29.8 Å². The lowest BCUT2D eigenvalue weighted by Crippen LogP contribution is -2.48. The SMILES string of the molecule is COc1cccc2cc(C(=O)N[C@@H](CO)C(=O)NCc3ccc(C(F)(F)F)cc3)oc12. The number of amides is 2. The highest BCUT2D eigenvalue weighted by Gasteiger charge is 2.30. The van der Waals surface area contributed by atoms with Gasteiger partial charge in [0.1, 0.15) is 6.04 Å². The van der Waals surface area contributed by atoms with Crippen molar-refractivity contribution in [2.45, 2.75) is 18.8 Å². The van der Waals surface area contributed by atoms with E-state index in [1.54, 1.807) is 18.2 Å². The van der Waals surface area contributed by atoms with Crippen molar-refractivity contribution in [1.29, 1.82) is 0 Å². The fourth-order valence-electron chi connectivity index (χ4n) is 2.86. The van der Waals surface area contributed by atoms with E-state index in [0.29, 0.717) is 22.3 Å². The molecule has 1 aromatic heterocycles. The molecule has 0 unspecified atom stereocenters. The van der Waals surface area contributed by atoms with Crippen LogP contribution in [0, 0.1) is 0 Å². The molecule has 0 radical (unpaired) electrons.